The van der Waals surface area contributed by atoms with Crippen LogP contribution >= 0.6 is 0 Å². The van der Waals surface area contributed by atoms with Crippen molar-refractivity contribution in [2.45, 2.75) is 31.3 Å². The Bertz CT molecular complexity index is 534. The maximum atomic E-state index is 5.74. The van der Waals surface area contributed by atoms with Crippen molar-refractivity contribution in [3.63, 3.8) is 0 Å². The van der Waals surface area contributed by atoms with Crippen LogP contribution in [0.3, 0.4) is 0 Å². The largest absolute Gasteiger partial charge is 0.377 e. The van der Waals surface area contributed by atoms with Gasteiger partial charge in [-0.15, -0.1) is 0 Å². The van der Waals surface area contributed by atoms with Gasteiger partial charge in [0.25, 0.3) is 0 Å². The molecule has 0 radical (unpaired) electrons. The molecule has 0 atom stereocenters. The third kappa shape index (κ3) is 4.92. The molecule has 0 bridgehead atoms. The van der Waals surface area contributed by atoms with Crippen LogP contribution in [0.25, 0.3) is 0 Å². The molecule has 2 nitrogen and oxygen atoms in total. The molecule has 0 spiro atoms. The molecule has 0 unspecified atom stereocenters. The Morgan fingerprint density at radius 2 is 1.30 bits per heavy atom. The quantitative estimate of drug-likeness (QED) is 0.695. The molecule has 0 saturated heterocycles. The van der Waals surface area contributed by atoms with E-state index in [-0.39, 0.29) is 5.60 Å². The average Bonchev–Trinajstić information content (AvgIpc) is 3.39. The van der Waals surface area contributed by atoms with Crippen molar-refractivity contribution in [1.29, 1.82) is 0 Å². The predicted octanol–water partition coefficient (Wildman–Crippen LogP) is 3.95. The minimum Gasteiger partial charge on any atom is -0.377 e. The van der Waals surface area contributed by atoms with E-state index in [1.807, 2.05) is 7.11 Å². The molecule has 23 heavy (non-hydrogen) atoms. The molecule has 2 aromatic rings. The van der Waals surface area contributed by atoms with Gasteiger partial charge in [0.15, 0.2) is 0 Å². The zero-order valence-corrected chi connectivity index (χ0v) is 14.1. The summed E-state index contributed by atoms with van der Waals surface area (Å²) in [7, 11) is 1.86. The van der Waals surface area contributed by atoms with E-state index in [2.05, 4.69) is 65.6 Å². The van der Waals surface area contributed by atoms with Gasteiger partial charge in [0.2, 0.25) is 0 Å². The topological polar surface area (TPSA) is 12.5 Å². The second-order valence-corrected chi connectivity index (χ2v) is 6.63. The van der Waals surface area contributed by atoms with Crippen LogP contribution in [-0.2, 0) is 17.6 Å². The zero-order chi connectivity index (χ0) is 16.0. The summed E-state index contributed by atoms with van der Waals surface area (Å²) < 4.78 is 5.74. The molecule has 1 saturated carbocycles. The summed E-state index contributed by atoms with van der Waals surface area (Å²) in [6.45, 7) is 3.26. The Morgan fingerprint density at radius 1 is 0.826 bits per heavy atom. The van der Waals surface area contributed by atoms with E-state index < -0.39 is 0 Å². The highest BCUT2D eigenvalue weighted by Crippen LogP contribution is 2.39. The normalized spacial score (nSPS) is 15.7. The summed E-state index contributed by atoms with van der Waals surface area (Å²) in [5.74, 6) is 0. The lowest BCUT2D eigenvalue weighted by molar-refractivity contribution is 0.0439. The Hall–Kier alpha value is -1.64. The van der Waals surface area contributed by atoms with Crippen molar-refractivity contribution in [1.82, 2.24) is 4.90 Å². The highest BCUT2D eigenvalue weighted by atomic mass is 16.5. The first-order valence-corrected chi connectivity index (χ1v) is 8.65. The van der Waals surface area contributed by atoms with Gasteiger partial charge in [-0.1, -0.05) is 60.7 Å². The molecule has 0 N–H and O–H groups in total. The van der Waals surface area contributed by atoms with E-state index in [4.69, 9.17) is 4.74 Å². The molecule has 0 heterocycles. The van der Waals surface area contributed by atoms with Gasteiger partial charge in [-0.25, -0.2) is 0 Å². The number of benzene rings is 2. The number of rotatable bonds is 9. The fraction of sp³-hybridized carbons (Fsp3) is 0.429. The van der Waals surface area contributed by atoms with Gasteiger partial charge in [-0.2, -0.15) is 0 Å². The van der Waals surface area contributed by atoms with Crippen molar-refractivity contribution in [3.05, 3.63) is 71.8 Å². The second-order valence-electron chi connectivity index (χ2n) is 6.63. The first-order chi connectivity index (χ1) is 11.3. The van der Waals surface area contributed by atoms with Crippen LogP contribution in [0.2, 0.25) is 0 Å². The lowest BCUT2D eigenvalue weighted by Crippen LogP contribution is -2.37. The van der Waals surface area contributed by atoms with Crippen molar-refractivity contribution >= 4 is 0 Å². The van der Waals surface area contributed by atoms with Crippen molar-refractivity contribution < 1.29 is 4.74 Å². The lowest BCUT2D eigenvalue weighted by Gasteiger charge is -2.27. The van der Waals surface area contributed by atoms with Gasteiger partial charge in [-0.3, -0.25) is 4.90 Å². The van der Waals surface area contributed by atoms with Crippen LogP contribution in [0.1, 0.15) is 24.0 Å². The van der Waals surface area contributed by atoms with Crippen LogP contribution in [0.5, 0.6) is 0 Å². The van der Waals surface area contributed by atoms with Gasteiger partial charge >= 0.3 is 0 Å². The molecular weight excluding hydrogens is 282 g/mol. The molecule has 122 valence electrons. The van der Waals surface area contributed by atoms with Crippen molar-refractivity contribution in [3.8, 4) is 0 Å². The van der Waals surface area contributed by atoms with Crippen LogP contribution in [0.4, 0.5) is 0 Å². The molecule has 1 aliphatic rings. The average molecular weight is 309 g/mol. The molecule has 1 aliphatic carbocycles. The van der Waals surface area contributed by atoms with E-state index in [0.717, 1.165) is 32.5 Å². The maximum absolute atomic E-state index is 5.74. The molecule has 0 amide bonds. The summed E-state index contributed by atoms with van der Waals surface area (Å²) in [5, 5.41) is 0. The minimum absolute atomic E-state index is 0.132. The Labute approximate surface area is 140 Å². The van der Waals surface area contributed by atoms with E-state index in [1.54, 1.807) is 0 Å². The second kappa shape index (κ2) is 7.76. The van der Waals surface area contributed by atoms with Crippen LogP contribution in [0.15, 0.2) is 60.7 Å². The molecule has 2 heteroatoms. The smallest absolute Gasteiger partial charge is 0.0807 e. The standard InChI is InChI=1S/C21H27NO/c1-23-21(14-15-21)18-22(16-12-19-8-4-2-5-9-19)17-13-20-10-6-3-7-11-20/h2-11H,12-18H2,1H3. The van der Waals surface area contributed by atoms with Crippen LogP contribution < -0.4 is 0 Å². The highest BCUT2D eigenvalue weighted by Gasteiger charge is 2.44. The Morgan fingerprint density at radius 3 is 1.70 bits per heavy atom. The third-order valence-corrected chi connectivity index (χ3v) is 4.87. The van der Waals surface area contributed by atoms with Crippen LogP contribution in [0, 0.1) is 0 Å². The number of methoxy groups -OCH3 is 1. The van der Waals surface area contributed by atoms with E-state index >= 15 is 0 Å². The summed E-state index contributed by atoms with van der Waals surface area (Å²) in [5.41, 5.74) is 2.96. The number of ether oxygens (including phenoxy) is 1. The number of hydrogen-bond donors (Lipinski definition) is 0. The fourth-order valence-corrected chi connectivity index (χ4v) is 3.11. The van der Waals surface area contributed by atoms with Crippen molar-refractivity contribution in [2.24, 2.45) is 0 Å². The third-order valence-electron chi connectivity index (χ3n) is 4.87. The van der Waals surface area contributed by atoms with Gasteiger partial charge in [0.1, 0.15) is 0 Å². The number of hydrogen-bond acceptors (Lipinski definition) is 2. The molecule has 0 aromatic heterocycles. The lowest BCUT2D eigenvalue weighted by atomic mass is 10.1. The Balaban J connectivity index is 1.57. The summed E-state index contributed by atoms with van der Waals surface area (Å²) in [6, 6.07) is 21.6. The maximum Gasteiger partial charge on any atom is 0.0807 e. The summed E-state index contributed by atoms with van der Waals surface area (Å²) in [4.78, 5) is 2.58. The first-order valence-electron chi connectivity index (χ1n) is 8.65. The number of nitrogens with zero attached hydrogens (tertiary/aromatic N) is 1. The molecule has 2 aromatic carbocycles. The minimum atomic E-state index is 0.132. The first kappa shape index (κ1) is 16.2. The molecular formula is C21H27NO. The van der Waals surface area contributed by atoms with Gasteiger partial charge in [0, 0.05) is 26.7 Å². The van der Waals surface area contributed by atoms with Gasteiger partial charge < -0.3 is 4.74 Å². The molecule has 1 fully saturated rings. The van der Waals surface area contributed by atoms with Gasteiger partial charge in [0.05, 0.1) is 5.60 Å². The predicted molar refractivity (Wildman–Crippen MR) is 95.7 cm³/mol. The van der Waals surface area contributed by atoms with E-state index in [0.29, 0.717) is 0 Å². The van der Waals surface area contributed by atoms with Gasteiger partial charge in [-0.05, 0) is 36.8 Å². The fourth-order valence-electron chi connectivity index (χ4n) is 3.11. The van der Waals surface area contributed by atoms with Crippen molar-refractivity contribution in [2.75, 3.05) is 26.7 Å². The Kier molecular flexibility index (Phi) is 5.47. The zero-order valence-electron chi connectivity index (χ0n) is 14.1. The van der Waals surface area contributed by atoms with E-state index in [9.17, 15) is 0 Å². The SMILES string of the molecule is COC1(CN(CCc2ccccc2)CCc2ccccc2)CC1. The van der Waals surface area contributed by atoms with Crippen LogP contribution in [-0.4, -0.2) is 37.2 Å². The summed E-state index contributed by atoms with van der Waals surface area (Å²) in [6.07, 6.45) is 4.62. The molecule has 3 rings (SSSR count). The van der Waals surface area contributed by atoms with E-state index in [1.165, 1.54) is 24.0 Å². The molecule has 0 aliphatic heterocycles. The summed E-state index contributed by atoms with van der Waals surface area (Å²) >= 11 is 0. The monoisotopic (exact) mass is 309 g/mol. The highest BCUT2D eigenvalue weighted by molar-refractivity contribution is 5.16.